The summed E-state index contributed by atoms with van der Waals surface area (Å²) in [6.45, 7) is 4.73. The molecular weight excluding hydrogens is 226 g/mol. The van der Waals surface area contributed by atoms with Crippen molar-refractivity contribution in [3.63, 3.8) is 0 Å². The van der Waals surface area contributed by atoms with Crippen LogP contribution in [0.1, 0.15) is 16.8 Å². The first-order valence-corrected chi connectivity index (χ1v) is 6.05. The van der Waals surface area contributed by atoms with Gasteiger partial charge in [-0.15, -0.1) is 0 Å². The van der Waals surface area contributed by atoms with E-state index in [1.165, 1.54) is 5.56 Å². The minimum atomic E-state index is 0.617. The molecule has 0 fully saturated rings. The number of hydrogen-bond acceptors (Lipinski definition) is 3. The number of aryl methyl sites for hydroxylation is 2. The Labute approximate surface area is 107 Å². The predicted molar refractivity (Wildman–Crippen MR) is 72.8 cm³/mol. The topological polar surface area (TPSA) is 63.9 Å². The molecule has 0 amide bonds. The van der Waals surface area contributed by atoms with Crippen molar-refractivity contribution in [2.24, 2.45) is 5.73 Å². The molecule has 18 heavy (non-hydrogen) atoms. The van der Waals surface area contributed by atoms with E-state index in [-0.39, 0.29) is 0 Å². The lowest BCUT2D eigenvalue weighted by atomic mass is 10.0. The summed E-state index contributed by atoms with van der Waals surface area (Å²) in [7, 11) is 1.69. The zero-order valence-corrected chi connectivity index (χ0v) is 11.1. The summed E-state index contributed by atoms with van der Waals surface area (Å²) in [4.78, 5) is 0. The van der Waals surface area contributed by atoms with E-state index in [0.717, 1.165) is 34.7 Å². The molecule has 0 aliphatic rings. The third-order valence-corrected chi connectivity index (χ3v) is 2.94. The van der Waals surface area contributed by atoms with Gasteiger partial charge in [-0.3, -0.25) is 5.10 Å². The zero-order valence-electron chi connectivity index (χ0n) is 11.1. The van der Waals surface area contributed by atoms with Gasteiger partial charge in [-0.25, -0.2) is 0 Å². The lowest BCUT2D eigenvalue weighted by Crippen LogP contribution is -2.02. The van der Waals surface area contributed by atoms with Crippen LogP contribution in [0.4, 0.5) is 0 Å². The Balaban J connectivity index is 2.48. The lowest BCUT2D eigenvalue weighted by Gasteiger charge is -2.10. The highest BCUT2D eigenvalue weighted by Gasteiger charge is 2.12. The normalized spacial score (nSPS) is 10.7. The number of rotatable bonds is 4. The third kappa shape index (κ3) is 2.38. The second kappa shape index (κ2) is 5.23. The summed E-state index contributed by atoms with van der Waals surface area (Å²) in [5.74, 6) is 0.881. The van der Waals surface area contributed by atoms with Gasteiger partial charge in [0.2, 0.25) is 0 Å². The van der Waals surface area contributed by atoms with Gasteiger partial charge >= 0.3 is 0 Å². The van der Waals surface area contributed by atoms with E-state index in [2.05, 4.69) is 29.3 Å². The fraction of sp³-hybridized carbons (Fsp3) is 0.357. The van der Waals surface area contributed by atoms with Gasteiger partial charge in [0.05, 0.1) is 12.8 Å². The molecule has 0 unspecified atom stereocenters. The summed E-state index contributed by atoms with van der Waals surface area (Å²) >= 11 is 0. The number of H-pyrrole nitrogens is 1. The maximum absolute atomic E-state index is 5.54. The van der Waals surface area contributed by atoms with Crippen molar-refractivity contribution in [1.82, 2.24) is 10.2 Å². The van der Waals surface area contributed by atoms with Crippen LogP contribution >= 0.6 is 0 Å². The molecule has 4 heteroatoms. The number of benzene rings is 1. The van der Waals surface area contributed by atoms with E-state index in [1.54, 1.807) is 7.11 Å². The van der Waals surface area contributed by atoms with E-state index < -0.39 is 0 Å². The van der Waals surface area contributed by atoms with Crippen molar-refractivity contribution in [3.05, 3.63) is 35.0 Å². The minimum Gasteiger partial charge on any atom is -0.496 e. The van der Waals surface area contributed by atoms with E-state index >= 15 is 0 Å². The van der Waals surface area contributed by atoms with Crippen LogP contribution in [0.2, 0.25) is 0 Å². The molecule has 0 bridgehead atoms. The van der Waals surface area contributed by atoms with Crippen LogP contribution in [0.5, 0.6) is 5.75 Å². The Kier molecular flexibility index (Phi) is 3.67. The summed E-state index contributed by atoms with van der Waals surface area (Å²) in [6.07, 6.45) is 0.806. The molecule has 0 aliphatic heterocycles. The molecule has 1 aromatic carbocycles. The maximum Gasteiger partial charge on any atom is 0.131 e. The van der Waals surface area contributed by atoms with E-state index in [1.807, 2.05) is 13.0 Å². The first-order valence-electron chi connectivity index (χ1n) is 6.05. The second-order valence-electron chi connectivity index (χ2n) is 4.48. The average molecular weight is 245 g/mol. The Hall–Kier alpha value is -1.81. The van der Waals surface area contributed by atoms with E-state index in [9.17, 15) is 0 Å². The molecule has 0 aliphatic carbocycles. The second-order valence-corrected chi connectivity index (χ2v) is 4.48. The number of ether oxygens (including phenoxy) is 1. The van der Waals surface area contributed by atoms with Gasteiger partial charge < -0.3 is 10.5 Å². The molecule has 0 atom stereocenters. The van der Waals surface area contributed by atoms with Gasteiger partial charge in [0.1, 0.15) is 5.75 Å². The maximum atomic E-state index is 5.54. The van der Waals surface area contributed by atoms with Gasteiger partial charge in [0.15, 0.2) is 0 Å². The highest BCUT2D eigenvalue weighted by molar-refractivity contribution is 5.70. The standard InChI is InChI=1S/C14H19N3O/c1-9-6-10(2)14(18-3)12(7-9)13-8-11(4-5-15)16-17-13/h6-8H,4-5,15H2,1-3H3,(H,16,17). The Morgan fingerprint density at radius 3 is 2.72 bits per heavy atom. The quantitative estimate of drug-likeness (QED) is 0.868. The number of nitrogens with two attached hydrogens (primary N) is 1. The molecule has 0 radical (unpaired) electrons. The van der Waals surface area contributed by atoms with Crippen LogP contribution in [0.3, 0.4) is 0 Å². The molecule has 0 spiro atoms. The SMILES string of the molecule is COc1c(C)cc(C)cc1-c1cc(CCN)[nH]n1. The largest absolute Gasteiger partial charge is 0.496 e. The van der Waals surface area contributed by atoms with Crippen LogP contribution in [0.15, 0.2) is 18.2 Å². The van der Waals surface area contributed by atoms with Crippen molar-refractivity contribution >= 4 is 0 Å². The monoisotopic (exact) mass is 245 g/mol. The van der Waals surface area contributed by atoms with Crippen LogP contribution in [0, 0.1) is 13.8 Å². The number of aromatic nitrogens is 2. The molecular formula is C14H19N3O. The molecule has 2 aromatic rings. The molecule has 0 saturated carbocycles. The minimum absolute atomic E-state index is 0.617. The molecule has 1 aromatic heterocycles. The molecule has 1 heterocycles. The van der Waals surface area contributed by atoms with Crippen LogP contribution in [0.25, 0.3) is 11.3 Å². The van der Waals surface area contributed by atoms with Crippen LogP contribution in [-0.4, -0.2) is 23.9 Å². The highest BCUT2D eigenvalue weighted by atomic mass is 16.5. The van der Waals surface area contributed by atoms with Gasteiger partial charge in [-0.2, -0.15) is 5.10 Å². The molecule has 4 nitrogen and oxygen atoms in total. The van der Waals surface area contributed by atoms with Crippen molar-refractivity contribution in [2.45, 2.75) is 20.3 Å². The van der Waals surface area contributed by atoms with Crippen LogP contribution < -0.4 is 10.5 Å². The Morgan fingerprint density at radius 2 is 2.06 bits per heavy atom. The summed E-state index contributed by atoms with van der Waals surface area (Å²) in [5.41, 5.74) is 10.8. The fourth-order valence-electron chi connectivity index (χ4n) is 2.20. The number of nitrogens with zero attached hydrogens (tertiary/aromatic N) is 1. The zero-order chi connectivity index (χ0) is 13.1. The smallest absolute Gasteiger partial charge is 0.131 e. The highest BCUT2D eigenvalue weighted by Crippen LogP contribution is 2.33. The van der Waals surface area contributed by atoms with Crippen molar-refractivity contribution in [1.29, 1.82) is 0 Å². The lowest BCUT2D eigenvalue weighted by molar-refractivity contribution is 0.413. The molecule has 2 rings (SSSR count). The fourth-order valence-corrected chi connectivity index (χ4v) is 2.20. The van der Waals surface area contributed by atoms with Crippen LogP contribution in [-0.2, 0) is 6.42 Å². The van der Waals surface area contributed by atoms with Crippen molar-refractivity contribution in [3.8, 4) is 17.0 Å². The van der Waals surface area contributed by atoms with E-state index in [0.29, 0.717) is 6.54 Å². The number of methoxy groups -OCH3 is 1. The summed E-state index contributed by atoms with van der Waals surface area (Å²) < 4.78 is 5.48. The molecule has 96 valence electrons. The number of hydrogen-bond donors (Lipinski definition) is 2. The van der Waals surface area contributed by atoms with Gasteiger partial charge in [0.25, 0.3) is 0 Å². The first kappa shape index (κ1) is 12.6. The van der Waals surface area contributed by atoms with Gasteiger partial charge in [0, 0.05) is 17.7 Å². The van der Waals surface area contributed by atoms with Gasteiger partial charge in [-0.05, 0) is 43.7 Å². The average Bonchev–Trinajstić information content (AvgIpc) is 2.77. The van der Waals surface area contributed by atoms with Crippen molar-refractivity contribution < 1.29 is 4.74 Å². The summed E-state index contributed by atoms with van der Waals surface area (Å²) in [6, 6.07) is 6.23. The van der Waals surface area contributed by atoms with Gasteiger partial charge in [-0.1, -0.05) is 6.07 Å². The predicted octanol–water partition coefficient (Wildman–Crippen LogP) is 2.20. The van der Waals surface area contributed by atoms with Crippen molar-refractivity contribution in [2.75, 3.05) is 13.7 Å². The first-order chi connectivity index (χ1) is 8.65. The Morgan fingerprint density at radius 1 is 1.28 bits per heavy atom. The molecule has 0 saturated heterocycles. The third-order valence-electron chi connectivity index (χ3n) is 2.94. The Bertz CT molecular complexity index is 546. The molecule has 3 N–H and O–H groups in total. The number of nitrogens with one attached hydrogen (secondary N) is 1. The van der Waals surface area contributed by atoms with E-state index in [4.69, 9.17) is 10.5 Å². The summed E-state index contributed by atoms with van der Waals surface area (Å²) in [5, 5.41) is 7.35. The number of aromatic amines is 1.